The van der Waals surface area contributed by atoms with E-state index >= 15 is 0 Å². The van der Waals surface area contributed by atoms with Crippen molar-refractivity contribution in [2.24, 2.45) is 0 Å². The van der Waals surface area contributed by atoms with Gasteiger partial charge in [0.05, 0.1) is 6.04 Å². The van der Waals surface area contributed by atoms with Crippen molar-refractivity contribution in [2.75, 3.05) is 11.9 Å². The molecule has 0 saturated carbocycles. The summed E-state index contributed by atoms with van der Waals surface area (Å²) in [5.74, 6) is 0. The molecule has 1 N–H and O–H groups in total. The highest BCUT2D eigenvalue weighted by Gasteiger charge is 2.31. The molecule has 0 bridgehead atoms. The number of rotatable bonds is 2. The van der Waals surface area contributed by atoms with Crippen molar-refractivity contribution in [1.82, 2.24) is 4.90 Å². The molecule has 2 amide bonds. The van der Waals surface area contributed by atoms with Crippen molar-refractivity contribution >= 4 is 23.3 Å². The Balaban J connectivity index is 1.76. The Labute approximate surface area is 135 Å². The molecule has 1 unspecified atom stereocenters. The fourth-order valence-electron chi connectivity index (χ4n) is 2.91. The van der Waals surface area contributed by atoms with E-state index in [9.17, 15) is 4.79 Å². The summed E-state index contributed by atoms with van der Waals surface area (Å²) in [5.41, 5.74) is 3.02. The van der Waals surface area contributed by atoms with Crippen LogP contribution in [0, 0.1) is 6.92 Å². The zero-order chi connectivity index (χ0) is 15.5. The third-order valence-corrected chi connectivity index (χ3v) is 4.42. The molecule has 4 heteroatoms. The second-order valence-corrected chi connectivity index (χ2v) is 6.08. The summed E-state index contributed by atoms with van der Waals surface area (Å²) in [6, 6.07) is 15.6. The summed E-state index contributed by atoms with van der Waals surface area (Å²) in [6.45, 7) is 2.78. The first kappa shape index (κ1) is 14.9. The van der Waals surface area contributed by atoms with Crippen molar-refractivity contribution in [3.05, 3.63) is 64.7 Å². The van der Waals surface area contributed by atoms with Crippen LogP contribution in [0.2, 0.25) is 5.02 Å². The Bertz CT molecular complexity index is 669. The van der Waals surface area contributed by atoms with Gasteiger partial charge in [0.15, 0.2) is 0 Å². The Morgan fingerprint density at radius 2 is 1.91 bits per heavy atom. The van der Waals surface area contributed by atoms with Gasteiger partial charge in [-0.3, -0.25) is 0 Å². The Kier molecular flexibility index (Phi) is 4.34. The minimum absolute atomic E-state index is 0.0548. The maximum absolute atomic E-state index is 12.6. The lowest BCUT2D eigenvalue weighted by molar-refractivity contribution is 0.207. The average Bonchev–Trinajstić information content (AvgIpc) is 2.99. The summed E-state index contributed by atoms with van der Waals surface area (Å²) in [5, 5.41) is 3.70. The second kappa shape index (κ2) is 6.41. The summed E-state index contributed by atoms with van der Waals surface area (Å²) in [7, 11) is 0. The molecule has 1 aliphatic heterocycles. The van der Waals surface area contributed by atoms with E-state index in [0.717, 1.165) is 35.7 Å². The number of aryl methyl sites for hydroxylation is 1. The molecule has 0 aliphatic carbocycles. The van der Waals surface area contributed by atoms with Crippen LogP contribution >= 0.6 is 11.6 Å². The highest BCUT2D eigenvalue weighted by Crippen LogP contribution is 2.35. The third kappa shape index (κ3) is 3.09. The van der Waals surface area contributed by atoms with E-state index in [2.05, 4.69) is 5.32 Å². The lowest BCUT2D eigenvalue weighted by Gasteiger charge is -2.26. The standard InChI is InChI=1S/C18H19ClN2O/c1-13-8-10-14(11-9-13)20-18(22)21-12-4-7-17(21)15-5-2-3-6-16(15)19/h2-3,5-6,8-11,17H,4,7,12H2,1H3,(H,20,22). The van der Waals surface area contributed by atoms with Crippen LogP contribution in [-0.4, -0.2) is 17.5 Å². The van der Waals surface area contributed by atoms with E-state index in [1.54, 1.807) is 0 Å². The van der Waals surface area contributed by atoms with Gasteiger partial charge >= 0.3 is 6.03 Å². The number of halogens is 1. The molecule has 1 fully saturated rings. The normalized spacial score (nSPS) is 17.5. The first-order chi connectivity index (χ1) is 10.6. The van der Waals surface area contributed by atoms with Crippen molar-refractivity contribution in [1.29, 1.82) is 0 Å². The van der Waals surface area contributed by atoms with Crippen molar-refractivity contribution in [2.45, 2.75) is 25.8 Å². The molecule has 2 aromatic rings. The summed E-state index contributed by atoms with van der Waals surface area (Å²) in [4.78, 5) is 14.4. The molecule has 1 aliphatic rings. The van der Waals surface area contributed by atoms with E-state index < -0.39 is 0 Å². The van der Waals surface area contributed by atoms with Gasteiger partial charge in [-0.1, -0.05) is 47.5 Å². The van der Waals surface area contributed by atoms with Crippen LogP contribution in [-0.2, 0) is 0 Å². The topological polar surface area (TPSA) is 32.3 Å². The Hall–Kier alpha value is -2.00. The maximum Gasteiger partial charge on any atom is 0.322 e. The number of urea groups is 1. The lowest BCUT2D eigenvalue weighted by Crippen LogP contribution is -2.34. The number of anilines is 1. The molecule has 1 atom stereocenters. The van der Waals surface area contributed by atoms with Gasteiger partial charge < -0.3 is 10.2 Å². The first-order valence-corrected chi connectivity index (χ1v) is 7.91. The number of hydrogen-bond acceptors (Lipinski definition) is 1. The average molecular weight is 315 g/mol. The van der Waals surface area contributed by atoms with E-state index in [1.165, 1.54) is 5.56 Å². The molecule has 0 radical (unpaired) electrons. The fraction of sp³-hybridized carbons (Fsp3) is 0.278. The van der Waals surface area contributed by atoms with Crippen LogP contribution in [0.15, 0.2) is 48.5 Å². The van der Waals surface area contributed by atoms with Crippen LogP contribution in [0.25, 0.3) is 0 Å². The number of nitrogens with one attached hydrogen (secondary N) is 1. The predicted molar refractivity (Wildman–Crippen MR) is 90.3 cm³/mol. The van der Waals surface area contributed by atoms with Gasteiger partial charge in [-0.15, -0.1) is 0 Å². The van der Waals surface area contributed by atoms with E-state index in [-0.39, 0.29) is 12.1 Å². The smallest absolute Gasteiger partial charge is 0.317 e. The van der Waals surface area contributed by atoms with E-state index in [4.69, 9.17) is 11.6 Å². The summed E-state index contributed by atoms with van der Waals surface area (Å²) in [6.07, 6.45) is 1.95. The maximum atomic E-state index is 12.6. The molecule has 2 aromatic carbocycles. The molecule has 1 heterocycles. The van der Waals surface area contributed by atoms with Crippen LogP contribution in [0.5, 0.6) is 0 Å². The van der Waals surface area contributed by atoms with Gasteiger partial charge in [0, 0.05) is 17.3 Å². The highest BCUT2D eigenvalue weighted by atomic mass is 35.5. The number of nitrogens with zero attached hydrogens (tertiary/aromatic N) is 1. The highest BCUT2D eigenvalue weighted by molar-refractivity contribution is 6.31. The number of carbonyl (C=O) groups is 1. The van der Waals surface area contributed by atoms with Crippen LogP contribution < -0.4 is 5.32 Å². The fourth-order valence-corrected chi connectivity index (χ4v) is 3.17. The van der Waals surface area contributed by atoms with Gasteiger partial charge in [-0.25, -0.2) is 4.79 Å². The molecule has 114 valence electrons. The number of hydrogen-bond donors (Lipinski definition) is 1. The van der Waals surface area contributed by atoms with E-state index in [1.807, 2.05) is 60.4 Å². The van der Waals surface area contributed by atoms with Gasteiger partial charge in [-0.2, -0.15) is 0 Å². The van der Waals surface area contributed by atoms with Crippen molar-refractivity contribution < 1.29 is 4.79 Å². The summed E-state index contributed by atoms with van der Waals surface area (Å²) >= 11 is 6.29. The number of amides is 2. The molecule has 3 nitrogen and oxygen atoms in total. The third-order valence-electron chi connectivity index (χ3n) is 4.08. The van der Waals surface area contributed by atoms with Crippen molar-refractivity contribution in [3.8, 4) is 0 Å². The van der Waals surface area contributed by atoms with Gasteiger partial charge in [-0.05, 0) is 43.5 Å². The molecule has 3 rings (SSSR count). The van der Waals surface area contributed by atoms with Crippen LogP contribution in [0.4, 0.5) is 10.5 Å². The molecule has 1 saturated heterocycles. The number of likely N-dealkylation sites (tertiary alicyclic amines) is 1. The zero-order valence-electron chi connectivity index (χ0n) is 12.6. The first-order valence-electron chi connectivity index (χ1n) is 7.54. The molecular weight excluding hydrogens is 296 g/mol. The summed E-state index contributed by atoms with van der Waals surface area (Å²) < 4.78 is 0. The van der Waals surface area contributed by atoms with E-state index in [0.29, 0.717) is 0 Å². The predicted octanol–water partition coefficient (Wildman–Crippen LogP) is 5.02. The van der Waals surface area contributed by atoms with Gasteiger partial charge in [0.1, 0.15) is 0 Å². The minimum Gasteiger partial charge on any atom is -0.317 e. The molecule has 0 spiro atoms. The molecule has 0 aromatic heterocycles. The van der Waals surface area contributed by atoms with Crippen LogP contribution in [0.3, 0.4) is 0 Å². The van der Waals surface area contributed by atoms with Crippen molar-refractivity contribution in [3.63, 3.8) is 0 Å². The number of carbonyl (C=O) groups excluding carboxylic acids is 1. The van der Waals surface area contributed by atoms with Crippen LogP contribution in [0.1, 0.15) is 30.0 Å². The molecular formula is C18H19ClN2O. The second-order valence-electron chi connectivity index (χ2n) is 5.67. The Morgan fingerprint density at radius 1 is 1.18 bits per heavy atom. The largest absolute Gasteiger partial charge is 0.322 e. The monoisotopic (exact) mass is 314 g/mol. The molecule has 22 heavy (non-hydrogen) atoms. The van der Waals surface area contributed by atoms with Gasteiger partial charge in [0.2, 0.25) is 0 Å². The SMILES string of the molecule is Cc1ccc(NC(=O)N2CCCC2c2ccccc2Cl)cc1. The van der Waals surface area contributed by atoms with Gasteiger partial charge in [0.25, 0.3) is 0 Å². The minimum atomic E-state index is -0.0636. The quantitative estimate of drug-likeness (QED) is 0.829. The number of benzene rings is 2. The lowest BCUT2D eigenvalue weighted by atomic mass is 10.0. The zero-order valence-corrected chi connectivity index (χ0v) is 13.3. The Morgan fingerprint density at radius 3 is 2.64 bits per heavy atom.